The summed E-state index contributed by atoms with van der Waals surface area (Å²) in [5.74, 6) is -3.91. The average Bonchev–Trinajstić information content (AvgIpc) is 3.28. The van der Waals surface area contributed by atoms with E-state index in [0.717, 1.165) is 56.8 Å². The van der Waals surface area contributed by atoms with Crippen molar-refractivity contribution in [3.05, 3.63) is 190 Å². The van der Waals surface area contributed by atoms with Crippen LogP contribution in [0.2, 0.25) is 0 Å². The van der Waals surface area contributed by atoms with Crippen molar-refractivity contribution in [1.29, 1.82) is 0 Å². The number of halogens is 2. The molecule has 1 heterocycles. The van der Waals surface area contributed by atoms with E-state index < -0.39 is 23.4 Å². The summed E-state index contributed by atoms with van der Waals surface area (Å²) in [6, 6.07) is 40.1. The molecule has 0 amide bonds. The van der Waals surface area contributed by atoms with Crippen LogP contribution in [0.15, 0.2) is 140 Å². The molecule has 0 atom stereocenters. The smallest absolute Gasteiger partial charge is 0.339 e. The third-order valence-electron chi connectivity index (χ3n) is 11.4. The lowest BCUT2D eigenvalue weighted by molar-refractivity contribution is 0.0451. The van der Waals surface area contributed by atoms with Gasteiger partial charge in [0.2, 0.25) is 0 Å². The van der Waals surface area contributed by atoms with Crippen molar-refractivity contribution in [2.45, 2.75) is 25.4 Å². The van der Waals surface area contributed by atoms with Crippen LogP contribution in [0.1, 0.15) is 61.1 Å². The molecule has 0 unspecified atom stereocenters. The molecule has 62 heavy (non-hydrogen) atoms. The Hall–Kier alpha value is -6.66. The van der Waals surface area contributed by atoms with Gasteiger partial charge in [0.1, 0.15) is 40.4 Å². The largest absolute Gasteiger partial charge is 0.507 e. The lowest BCUT2D eigenvalue weighted by atomic mass is 9.90. The molecule has 1 fully saturated rings. The first kappa shape index (κ1) is 43.4. The molecule has 11 heteroatoms. The second-order valence-electron chi connectivity index (χ2n) is 15.4. The molecule has 1 aliphatic rings. The maximum Gasteiger partial charge on any atom is 0.339 e. The van der Waals surface area contributed by atoms with E-state index in [4.69, 9.17) is 4.74 Å². The quantitative estimate of drug-likeness (QED) is 0.0846. The predicted molar refractivity (Wildman–Crippen MR) is 236 cm³/mol. The third-order valence-corrected chi connectivity index (χ3v) is 11.4. The van der Waals surface area contributed by atoms with E-state index in [0.29, 0.717) is 39.3 Å². The summed E-state index contributed by atoms with van der Waals surface area (Å²) in [7, 11) is 0. The van der Waals surface area contributed by atoms with Gasteiger partial charge >= 0.3 is 11.9 Å². The fourth-order valence-electron chi connectivity index (χ4n) is 8.03. The van der Waals surface area contributed by atoms with Crippen molar-refractivity contribution in [2.24, 2.45) is 0 Å². The molecule has 1 saturated heterocycles. The Morgan fingerprint density at radius 1 is 0.581 bits per heavy atom. The number of aryl methyl sites for hydroxylation is 1. The molecule has 9 nitrogen and oxygen atoms in total. The SMILES string of the molecule is Fc1ccc(C(OCCN2CCN(CCCc3ccccc3)CC2)c2ccc(F)cc2)cc1.O=C(O)c1cc2ccccc2c(Cc2c(O)c(C(=O)O)cc3ccccc23)c1O. The number of benzene rings is 7. The summed E-state index contributed by atoms with van der Waals surface area (Å²) in [5, 5.41) is 42.8. The van der Waals surface area contributed by atoms with Gasteiger partial charge in [-0.3, -0.25) is 4.90 Å². The zero-order valence-electron chi connectivity index (χ0n) is 34.1. The molecule has 1 aliphatic heterocycles. The first-order chi connectivity index (χ1) is 30.0. The first-order valence-electron chi connectivity index (χ1n) is 20.6. The van der Waals surface area contributed by atoms with Crippen molar-refractivity contribution in [1.82, 2.24) is 9.80 Å². The molecule has 0 saturated carbocycles. The lowest BCUT2D eigenvalue weighted by Crippen LogP contribution is -2.47. The van der Waals surface area contributed by atoms with Crippen LogP contribution in [0.3, 0.4) is 0 Å². The van der Waals surface area contributed by atoms with Crippen LogP contribution in [-0.4, -0.2) is 88.0 Å². The Balaban J connectivity index is 0.000000188. The topological polar surface area (TPSA) is 131 Å². The summed E-state index contributed by atoms with van der Waals surface area (Å²) in [6.45, 7) is 6.77. The predicted octanol–water partition coefficient (Wildman–Crippen LogP) is 9.71. The van der Waals surface area contributed by atoms with Gasteiger partial charge in [0.25, 0.3) is 0 Å². The van der Waals surface area contributed by atoms with Crippen molar-refractivity contribution < 1.29 is 43.5 Å². The summed E-state index contributed by atoms with van der Waals surface area (Å²) in [4.78, 5) is 28.2. The zero-order chi connectivity index (χ0) is 43.6. The van der Waals surface area contributed by atoms with E-state index >= 15 is 0 Å². The van der Waals surface area contributed by atoms with Crippen molar-refractivity contribution in [2.75, 3.05) is 45.9 Å². The first-order valence-corrected chi connectivity index (χ1v) is 20.6. The van der Waals surface area contributed by atoms with E-state index in [1.165, 1.54) is 48.4 Å². The van der Waals surface area contributed by atoms with E-state index in [2.05, 4.69) is 40.1 Å². The number of aromatic hydroxyl groups is 2. The summed E-state index contributed by atoms with van der Waals surface area (Å²) in [5.41, 5.74) is 3.25. The molecular formula is C51H48F2N2O7. The molecular weight excluding hydrogens is 791 g/mol. The molecule has 8 rings (SSSR count). The van der Waals surface area contributed by atoms with Crippen LogP contribution in [0.4, 0.5) is 8.78 Å². The fraction of sp³-hybridized carbons (Fsp3) is 0.216. The van der Waals surface area contributed by atoms with Crippen molar-refractivity contribution >= 4 is 33.5 Å². The number of hydrogen-bond acceptors (Lipinski definition) is 7. The van der Waals surface area contributed by atoms with E-state index in [1.807, 2.05) is 0 Å². The minimum absolute atomic E-state index is 0.0407. The lowest BCUT2D eigenvalue weighted by Gasteiger charge is -2.35. The van der Waals surface area contributed by atoms with Gasteiger partial charge in [-0.25, -0.2) is 18.4 Å². The van der Waals surface area contributed by atoms with Crippen LogP contribution in [0.5, 0.6) is 11.5 Å². The Morgan fingerprint density at radius 2 is 1.02 bits per heavy atom. The van der Waals surface area contributed by atoms with Gasteiger partial charge in [-0.1, -0.05) is 103 Å². The standard InChI is InChI=1S/C28H32F2N2O.C23H16O6/c29-26-12-8-24(9-13-26)28(25-10-14-27(30)15-11-25)33-22-21-32-19-17-31(18-20-32)16-4-7-23-5-2-1-3-6-23;24-20-16(14-7-3-1-5-12(14)9-18(20)22(26)27)11-17-15-8-4-2-6-13(15)10-19(21(17)25)23(28)29/h1-3,5-6,8-15,28H,4,7,16-22H2;1-10,24-25H,11H2,(H,26,27)(H,28,29). The van der Waals surface area contributed by atoms with E-state index in [-0.39, 0.29) is 35.3 Å². The molecule has 4 N–H and O–H groups in total. The maximum absolute atomic E-state index is 13.4. The highest BCUT2D eigenvalue weighted by atomic mass is 19.1. The van der Waals surface area contributed by atoms with Crippen LogP contribution in [-0.2, 0) is 17.6 Å². The van der Waals surface area contributed by atoms with Crippen molar-refractivity contribution in [3.63, 3.8) is 0 Å². The van der Waals surface area contributed by atoms with Gasteiger partial charge in [-0.05, 0) is 94.0 Å². The van der Waals surface area contributed by atoms with Gasteiger partial charge in [0.15, 0.2) is 0 Å². The van der Waals surface area contributed by atoms with Crippen molar-refractivity contribution in [3.8, 4) is 11.5 Å². The highest BCUT2D eigenvalue weighted by molar-refractivity contribution is 6.02. The fourth-order valence-corrected chi connectivity index (χ4v) is 8.03. The molecule has 7 aromatic rings. The van der Waals surface area contributed by atoms with Crippen LogP contribution in [0, 0.1) is 11.6 Å². The third kappa shape index (κ3) is 10.6. The number of nitrogens with zero attached hydrogens (tertiary/aromatic N) is 2. The van der Waals surface area contributed by atoms with Crippen LogP contribution in [0.25, 0.3) is 21.5 Å². The molecule has 7 aromatic carbocycles. The minimum Gasteiger partial charge on any atom is -0.507 e. The second kappa shape index (κ2) is 20.3. The number of carboxylic acid groups (broad SMARTS) is 2. The molecule has 0 spiro atoms. The number of ether oxygens (including phenoxy) is 1. The Kier molecular flexibility index (Phi) is 14.2. The number of hydrogen-bond donors (Lipinski definition) is 4. The zero-order valence-corrected chi connectivity index (χ0v) is 34.1. The monoisotopic (exact) mass is 838 g/mol. The second-order valence-corrected chi connectivity index (χ2v) is 15.4. The van der Waals surface area contributed by atoms with E-state index in [9.17, 15) is 38.8 Å². The number of fused-ring (bicyclic) bond motifs is 2. The molecule has 0 aliphatic carbocycles. The van der Waals surface area contributed by atoms with Gasteiger partial charge < -0.3 is 30.1 Å². The van der Waals surface area contributed by atoms with Gasteiger partial charge in [0, 0.05) is 50.3 Å². The average molecular weight is 839 g/mol. The molecule has 0 bridgehead atoms. The Morgan fingerprint density at radius 3 is 1.48 bits per heavy atom. The number of phenols is 2. The number of carbonyl (C=O) groups is 2. The summed E-state index contributed by atoms with van der Waals surface area (Å²) >= 11 is 0. The normalized spacial score (nSPS) is 13.3. The summed E-state index contributed by atoms with van der Waals surface area (Å²) in [6.07, 6.45) is 1.93. The maximum atomic E-state index is 13.4. The number of piperazine rings is 1. The number of aromatic carboxylic acids is 2. The molecule has 0 radical (unpaired) electrons. The van der Waals surface area contributed by atoms with Gasteiger partial charge in [-0.15, -0.1) is 0 Å². The Labute approximate surface area is 358 Å². The highest BCUT2D eigenvalue weighted by Gasteiger charge is 2.23. The molecule has 318 valence electrons. The summed E-state index contributed by atoms with van der Waals surface area (Å²) < 4.78 is 33.0. The Bertz CT molecular complexity index is 2490. The van der Waals surface area contributed by atoms with Gasteiger partial charge in [0.05, 0.1) is 6.61 Å². The van der Waals surface area contributed by atoms with E-state index in [1.54, 1.807) is 72.8 Å². The highest BCUT2D eigenvalue weighted by Crippen LogP contribution is 2.39. The minimum atomic E-state index is -1.28. The number of rotatable bonds is 14. The number of carboxylic acids is 2. The van der Waals surface area contributed by atoms with Crippen LogP contribution >= 0.6 is 0 Å². The van der Waals surface area contributed by atoms with Crippen LogP contribution < -0.4 is 0 Å². The molecule has 0 aromatic heterocycles. The van der Waals surface area contributed by atoms with Gasteiger partial charge in [-0.2, -0.15) is 0 Å².